The summed E-state index contributed by atoms with van der Waals surface area (Å²) in [5.74, 6) is -0.596. The van der Waals surface area contributed by atoms with E-state index in [1.807, 2.05) is 13.8 Å². The monoisotopic (exact) mass is 322 g/mol. The van der Waals surface area contributed by atoms with E-state index in [1.165, 1.54) is 0 Å². The summed E-state index contributed by atoms with van der Waals surface area (Å²) in [6.45, 7) is 15.4. The number of halogens is 1. The Bertz CT molecular complexity index is 367. The summed E-state index contributed by atoms with van der Waals surface area (Å²) in [5.41, 5.74) is -0.463. The topological polar surface area (TPSA) is 36.9 Å². The zero-order chi connectivity index (χ0) is 15.3. The summed E-state index contributed by atoms with van der Waals surface area (Å²) in [4.78, 5) is 0. The first-order valence-corrected chi connectivity index (χ1v) is 10.6. The van der Waals surface area contributed by atoms with Gasteiger partial charge in [-0.2, -0.15) is 0 Å². The van der Waals surface area contributed by atoms with Crippen molar-refractivity contribution in [2.24, 2.45) is 0 Å². The summed E-state index contributed by atoms with van der Waals surface area (Å²) in [6.07, 6.45) is -0.504. The van der Waals surface area contributed by atoms with Crippen molar-refractivity contribution >= 4 is 19.9 Å². The van der Waals surface area contributed by atoms with Gasteiger partial charge >= 0.3 is 0 Å². The first-order chi connectivity index (χ1) is 8.93. The highest BCUT2D eigenvalue weighted by atomic mass is 35.5. The van der Waals surface area contributed by atoms with Gasteiger partial charge in [0.25, 0.3) is 0 Å². The summed E-state index contributed by atoms with van der Waals surface area (Å²) >= 11 is 6.20. The highest BCUT2D eigenvalue weighted by Crippen LogP contribution is 2.41. The summed E-state index contributed by atoms with van der Waals surface area (Å²) in [7, 11) is -1.79. The average Bonchev–Trinajstić information content (AvgIpc) is 2.70. The van der Waals surface area contributed by atoms with Crippen LogP contribution in [0.1, 0.15) is 34.6 Å². The third-order valence-corrected chi connectivity index (χ3v) is 9.36. The van der Waals surface area contributed by atoms with E-state index >= 15 is 0 Å². The Morgan fingerprint density at radius 2 is 1.70 bits per heavy atom. The molecule has 2 fully saturated rings. The molecule has 118 valence electrons. The second kappa shape index (κ2) is 5.21. The molecular formula is C14H27ClO4Si. The minimum Gasteiger partial charge on any atom is -0.414 e. The zero-order valence-electron chi connectivity index (χ0n) is 13.5. The fourth-order valence-corrected chi connectivity index (χ4v) is 3.61. The fourth-order valence-electron chi connectivity index (χ4n) is 2.27. The molecule has 2 saturated heterocycles. The number of hydrogen-bond donors (Lipinski definition) is 0. The largest absolute Gasteiger partial charge is 0.414 e. The first kappa shape index (κ1) is 16.7. The van der Waals surface area contributed by atoms with Crippen LogP contribution in [0.4, 0.5) is 0 Å². The SMILES string of the molecule is CC1(C)OC2[C@@H](CO[Si](C)(C)C(C)(C)C)O[C@H](Cl)[C@H]2O1. The van der Waals surface area contributed by atoms with Crippen LogP contribution < -0.4 is 0 Å². The fraction of sp³-hybridized carbons (Fsp3) is 1.00. The van der Waals surface area contributed by atoms with Gasteiger partial charge in [-0.05, 0) is 32.0 Å². The van der Waals surface area contributed by atoms with Crippen molar-refractivity contribution < 1.29 is 18.6 Å². The van der Waals surface area contributed by atoms with Gasteiger partial charge in [-0.25, -0.2) is 0 Å². The molecule has 0 aromatic heterocycles. The van der Waals surface area contributed by atoms with Crippen molar-refractivity contribution in [1.29, 1.82) is 0 Å². The maximum atomic E-state index is 6.22. The van der Waals surface area contributed by atoms with E-state index in [4.69, 9.17) is 30.2 Å². The van der Waals surface area contributed by atoms with Crippen molar-refractivity contribution in [1.82, 2.24) is 0 Å². The smallest absolute Gasteiger partial charge is 0.192 e. The lowest BCUT2D eigenvalue weighted by Crippen LogP contribution is -2.44. The second-order valence-electron chi connectivity index (χ2n) is 7.66. The highest BCUT2D eigenvalue weighted by molar-refractivity contribution is 6.74. The minimum atomic E-state index is -1.79. The molecule has 2 aliphatic rings. The molecule has 4 nitrogen and oxygen atoms in total. The van der Waals surface area contributed by atoms with Gasteiger partial charge in [-0.1, -0.05) is 32.4 Å². The number of alkyl halides is 1. The lowest BCUT2D eigenvalue weighted by molar-refractivity contribution is -0.181. The molecule has 0 aliphatic carbocycles. The van der Waals surface area contributed by atoms with Crippen molar-refractivity contribution in [3.63, 3.8) is 0 Å². The standard InChI is InChI=1S/C14H27ClO4Si/c1-13(2,3)20(6,7)16-8-9-10-11(12(15)17-9)19-14(4,5)18-10/h9-12H,8H2,1-7H3/t9-,10?,11+,12+/m1/s1. The quantitative estimate of drug-likeness (QED) is 0.588. The average molecular weight is 323 g/mol. The first-order valence-electron chi connectivity index (χ1n) is 7.22. The van der Waals surface area contributed by atoms with Gasteiger partial charge in [0.2, 0.25) is 0 Å². The van der Waals surface area contributed by atoms with Gasteiger partial charge in [0.1, 0.15) is 18.3 Å². The number of hydrogen-bond acceptors (Lipinski definition) is 4. The third kappa shape index (κ3) is 3.23. The summed E-state index contributed by atoms with van der Waals surface area (Å²) in [6, 6.07) is 0. The molecule has 0 spiro atoms. The van der Waals surface area contributed by atoms with Gasteiger partial charge in [-0.3, -0.25) is 0 Å². The maximum absolute atomic E-state index is 6.22. The van der Waals surface area contributed by atoms with E-state index in [0.717, 1.165) is 0 Å². The molecule has 0 aromatic rings. The molecule has 0 saturated carbocycles. The molecular weight excluding hydrogens is 296 g/mol. The third-order valence-electron chi connectivity index (χ3n) is 4.51. The van der Waals surface area contributed by atoms with Crippen LogP contribution in [0.2, 0.25) is 18.1 Å². The molecule has 1 unspecified atom stereocenters. The van der Waals surface area contributed by atoms with Gasteiger partial charge in [0.15, 0.2) is 19.7 Å². The Labute approximate surface area is 128 Å². The molecule has 0 amide bonds. The lowest BCUT2D eigenvalue weighted by atomic mass is 10.2. The summed E-state index contributed by atoms with van der Waals surface area (Å²) in [5, 5.41) is 0.178. The predicted molar refractivity (Wildman–Crippen MR) is 81.5 cm³/mol. The molecule has 0 bridgehead atoms. The normalized spacial score (nSPS) is 37.2. The summed E-state index contributed by atoms with van der Waals surface area (Å²) < 4.78 is 23.7. The zero-order valence-corrected chi connectivity index (χ0v) is 15.3. The Morgan fingerprint density at radius 3 is 2.25 bits per heavy atom. The molecule has 4 atom stereocenters. The Kier molecular flexibility index (Phi) is 4.36. The second-order valence-corrected chi connectivity index (χ2v) is 12.9. The molecule has 2 rings (SSSR count). The van der Waals surface area contributed by atoms with E-state index in [9.17, 15) is 0 Å². The van der Waals surface area contributed by atoms with Gasteiger partial charge in [-0.15, -0.1) is 0 Å². The Hall–Kier alpha value is 0.347. The van der Waals surface area contributed by atoms with Crippen molar-refractivity contribution in [3.8, 4) is 0 Å². The minimum absolute atomic E-state index is 0.141. The molecule has 6 heteroatoms. The van der Waals surface area contributed by atoms with Crippen LogP contribution in [0.3, 0.4) is 0 Å². The number of rotatable bonds is 3. The Morgan fingerprint density at radius 1 is 1.15 bits per heavy atom. The van der Waals surface area contributed by atoms with E-state index in [-0.39, 0.29) is 23.4 Å². The van der Waals surface area contributed by atoms with Crippen LogP contribution in [0.5, 0.6) is 0 Å². The molecule has 0 aromatic carbocycles. The molecule has 2 aliphatic heterocycles. The number of fused-ring (bicyclic) bond motifs is 1. The molecule has 20 heavy (non-hydrogen) atoms. The predicted octanol–water partition coefficient (Wildman–Crippen LogP) is 3.49. The lowest BCUT2D eigenvalue weighted by Gasteiger charge is -2.37. The van der Waals surface area contributed by atoms with Crippen LogP contribution in [-0.4, -0.2) is 44.6 Å². The van der Waals surface area contributed by atoms with E-state index in [1.54, 1.807) is 0 Å². The molecule has 0 radical (unpaired) electrons. The van der Waals surface area contributed by atoms with Gasteiger partial charge < -0.3 is 18.6 Å². The van der Waals surface area contributed by atoms with Crippen LogP contribution in [0, 0.1) is 0 Å². The van der Waals surface area contributed by atoms with Crippen molar-refractivity contribution in [3.05, 3.63) is 0 Å². The maximum Gasteiger partial charge on any atom is 0.192 e. The van der Waals surface area contributed by atoms with Gasteiger partial charge in [0.05, 0.1) is 6.61 Å². The van der Waals surface area contributed by atoms with Crippen LogP contribution in [0.15, 0.2) is 0 Å². The van der Waals surface area contributed by atoms with E-state index < -0.39 is 19.7 Å². The van der Waals surface area contributed by atoms with Crippen LogP contribution in [-0.2, 0) is 18.6 Å². The molecule has 0 N–H and O–H groups in total. The highest BCUT2D eigenvalue weighted by Gasteiger charge is 2.55. The van der Waals surface area contributed by atoms with Crippen molar-refractivity contribution in [2.75, 3.05) is 6.61 Å². The van der Waals surface area contributed by atoms with Gasteiger partial charge in [0, 0.05) is 0 Å². The van der Waals surface area contributed by atoms with Crippen LogP contribution >= 0.6 is 11.6 Å². The Balaban J connectivity index is 1.98. The van der Waals surface area contributed by atoms with E-state index in [0.29, 0.717) is 6.61 Å². The van der Waals surface area contributed by atoms with Crippen molar-refractivity contribution in [2.45, 2.75) is 82.4 Å². The van der Waals surface area contributed by atoms with E-state index in [2.05, 4.69) is 33.9 Å². The number of ether oxygens (including phenoxy) is 3. The molecule has 2 heterocycles. The van der Waals surface area contributed by atoms with Crippen LogP contribution in [0.25, 0.3) is 0 Å².